The summed E-state index contributed by atoms with van der Waals surface area (Å²) < 4.78 is 0. The van der Waals surface area contributed by atoms with E-state index < -0.39 is 0 Å². The van der Waals surface area contributed by atoms with Crippen LogP contribution in [0.3, 0.4) is 0 Å². The Labute approximate surface area is 151 Å². The molecule has 0 aliphatic heterocycles. The van der Waals surface area contributed by atoms with Gasteiger partial charge in [-0.1, -0.05) is 24.3 Å². The minimum atomic E-state index is -0.283. The van der Waals surface area contributed by atoms with Crippen LogP contribution >= 0.6 is 0 Å². The average molecular weight is 346 g/mol. The molecule has 1 heterocycles. The van der Waals surface area contributed by atoms with Crippen LogP contribution in [0.5, 0.6) is 0 Å². The third kappa shape index (κ3) is 3.75. The third-order valence-corrected chi connectivity index (χ3v) is 3.70. The monoisotopic (exact) mass is 346 g/mol. The highest BCUT2D eigenvalue weighted by Crippen LogP contribution is 2.24. The first-order valence-corrected chi connectivity index (χ1v) is 8.06. The first-order valence-electron chi connectivity index (χ1n) is 8.06. The van der Waals surface area contributed by atoms with Crippen molar-refractivity contribution in [3.05, 3.63) is 77.3 Å². The zero-order valence-corrected chi connectivity index (χ0v) is 14.5. The summed E-state index contributed by atoms with van der Waals surface area (Å²) in [5, 5.41) is 8.88. The zero-order valence-electron chi connectivity index (χ0n) is 14.5. The fourth-order valence-corrected chi connectivity index (χ4v) is 2.51. The molecule has 26 heavy (non-hydrogen) atoms. The van der Waals surface area contributed by atoms with Gasteiger partial charge in [0.25, 0.3) is 0 Å². The molecule has 0 saturated heterocycles. The van der Waals surface area contributed by atoms with Gasteiger partial charge in [0.1, 0.15) is 5.69 Å². The summed E-state index contributed by atoms with van der Waals surface area (Å²) in [6, 6.07) is 10.8. The Bertz CT molecular complexity index is 942. The number of nitrogens with zero attached hydrogens (tertiary/aromatic N) is 3. The smallest absolute Gasteiger partial charge is 0.211 e. The van der Waals surface area contributed by atoms with E-state index in [0.29, 0.717) is 5.56 Å². The topological polar surface area (TPSA) is 74.7 Å². The van der Waals surface area contributed by atoms with Crippen molar-refractivity contribution in [2.45, 2.75) is 0 Å². The normalized spacial score (nSPS) is 13.8. The molecule has 0 fully saturated rings. The number of para-hydroxylation sites is 1. The summed E-state index contributed by atoms with van der Waals surface area (Å²) in [5.41, 5.74) is 2.33. The highest BCUT2D eigenvalue weighted by atomic mass is 16.1. The molecule has 2 aromatic rings. The second-order valence-corrected chi connectivity index (χ2v) is 5.83. The first-order chi connectivity index (χ1) is 12.6. The SMILES string of the molecule is CN(C)/N=C/C=C/c1ccccc1NC1=CC(=O)c2ncccc2C1=O. The van der Waals surface area contributed by atoms with Crippen LogP contribution in [0.4, 0.5) is 5.69 Å². The van der Waals surface area contributed by atoms with Gasteiger partial charge in [0.15, 0.2) is 0 Å². The van der Waals surface area contributed by atoms with Crippen LogP contribution in [0.1, 0.15) is 26.4 Å². The van der Waals surface area contributed by atoms with Crippen molar-refractivity contribution in [2.24, 2.45) is 5.10 Å². The van der Waals surface area contributed by atoms with Crippen LogP contribution in [-0.2, 0) is 0 Å². The van der Waals surface area contributed by atoms with Gasteiger partial charge in [0.2, 0.25) is 11.6 Å². The molecule has 0 spiro atoms. The Hall–Kier alpha value is -3.54. The molecule has 1 aromatic heterocycles. The minimum Gasteiger partial charge on any atom is -0.352 e. The number of pyridine rings is 1. The van der Waals surface area contributed by atoms with Gasteiger partial charge in [0, 0.05) is 38.3 Å². The second-order valence-electron chi connectivity index (χ2n) is 5.83. The molecule has 6 nitrogen and oxygen atoms in total. The predicted octanol–water partition coefficient (Wildman–Crippen LogP) is 3.02. The Balaban J connectivity index is 1.86. The number of carbonyl (C=O) groups excluding carboxylic acids is 2. The number of aromatic nitrogens is 1. The number of carbonyl (C=O) groups is 2. The highest BCUT2D eigenvalue weighted by Gasteiger charge is 2.26. The van der Waals surface area contributed by atoms with Crippen molar-refractivity contribution in [2.75, 3.05) is 19.4 Å². The number of rotatable bonds is 5. The van der Waals surface area contributed by atoms with Gasteiger partial charge in [0.05, 0.1) is 11.3 Å². The number of ketones is 2. The van der Waals surface area contributed by atoms with Gasteiger partial charge >= 0.3 is 0 Å². The summed E-state index contributed by atoms with van der Waals surface area (Å²) in [6.07, 6.45) is 8.16. The van der Waals surface area contributed by atoms with E-state index in [4.69, 9.17) is 0 Å². The maximum atomic E-state index is 12.6. The number of nitrogens with one attached hydrogen (secondary N) is 1. The number of hydrogen-bond donors (Lipinski definition) is 1. The van der Waals surface area contributed by atoms with Crippen LogP contribution in [-0.4, -0.2) is 41.9 Å². The molecule has 1 aliphatic rings. The fraction of sp³-hybridized carbons (Fsp3) is 0.100. The zero-order chi connectivity index (χ0) is 18.5. The minimum absolute atomic E-state index is 0.191. The third-order valence-electron chi connectivity index (χ3n) is 3.70. The van der Waals surface area contributed by atoms with Gasteiger partial charge in [-0.15, -0.1) is 0 Å². The van der Waals surface area contributed by atoms with E-state index >= 15 is 0 Å². The predicted molar refractivity (Wildman–Crippen MR) is 102 cm³/mol. The largest absolute Gasteiger partial charge is 0.352 e. The van der Waals surface area contributed by atoms with Crippen molar-refractivity contribution in [1.82, 2.24) is 9.99 Å². The molecule has 0 bridgehead atoms. The molecule has 1 N–H and O–H groups in total. The standard InChI is InChI=1S/C20H18N4O2/c1-24(2)22-12-5-8-14-7-3-4-10-16(14)23-17-13-18(25)19-15(20(17)26)9-6-11-21-19/h3-13,23H,1-2H3/b8-5+,22-12+. The molecule has 1 aliphatic carbocycles. The van der Waals surface area contributed by atoms with E-state index in [9.17, 15) is 9.59 Å². The quantitative estimate of drug-likeness (QED) is 0.665. The van der Waals surface area contributed by atoms with Gasteiger partial charge in [-0.2, -0.15) is 5.10 Å². The van der Waals surface area contributed by atoms with Crippen molar-refractivity contribution in [3.8, 4) is 0 Å². The van der Waals surface area contributed by atoms with Crippen molar-refractivity contribution in [3.63, 3.8) is 0 Å². The van der Waals surface area contributed by atoms with Crippen molar-refractivity contribution >= 4 is 29.5 Å². The molecular formula is C20H18N4O2. The van der Waals surface area contributed by atoms with Crippen LogP contribution < -0.4 is 5.32 Å². The van der Waals surface area contributed by atoms with E-state index in [1.807, 2.05) is 50.5 Å². The van der Waals surface area contributed by atoms with E-state index in [1.165, 1.54) is 12.3 Å². The Morgan fingerprint density at radius 1 is 1.12 bits per heavy atom. The lowest BCUT2D eigenvalue weighted by atomic mass is 9.97. The van der Waals surface area contributed by atoms with Gasteiger partial charge < -0.3 is 10.3 Å². The summed E-state index contributed by atoms with van der Waals surface area (Å²) in [6.45, 7) is 0. The van der Waals surface area contributed by atoms with E-state index in [1.54, 1.807) is 23.4 Å². The van der Waals surface area contributed by atoms with Crippen LogP contribution in [0.15, 0.2) is 65.5 Å². The lowest BCUT2D eigenvalue weighted by molar-refractivity contribution is 0.0982. The van der Waals surface area contributed by atoms with Crippen LogP contribution in [0.25, 0.3) is 6.08 Å². The number of benzene rings is 1. The molecule has 0 saturated carbocycles. The number of hydrogen-bond acceptors (Lipinski definition) is 6. The van der Waals surface area contributed by atoms with Gasteiger partial charge in [-0.05, 0) is 29.8 Å². The second kappa shape index (κ2) is 7.57. The average Bonchev–Trinajstić information content (AvgIpc) is 2.64. The van der Waals surface area contributed by atoms with Gasteiger partial charge in [-0.3, -0.25) is 14.6 Å². The highest BCUT2D eigenvalue weighted by molar-refractivity contribution is 6.24. The van der Waals surface area contributed by atoms with E-state index in [2.05, 4.69) is 15.4 Å². The molecule has 0 atom stereocenters. The molecule has 130 valence electrons. The Kier molecular flexibility index (Phi) is 5.03. The van der Waals surface area contributed by atoms with Crippen molar-refractivity contribution in [1.29, 1.82) is 0 Å². The maximum Gasteiger partial charge on any atom is 0.211 e. The van der Waals surface area contributed by atoms with Crippen LogP contribution in [0.2, 0.25) is 0 Å². The van der Waals surface area contributed by atoms with Crippen LogP contribution in [0, 0.1) is 0 Å². The summed E-state index contributed by atoms with van der Waals surface area (Å²) in [5.74, 6) is -0.533. The van der Waals surface area contributed by atoms with E-state index in [-0.39, 0.29) is 23.0 Å². The fourth-order valence-electron chi connectivity index (χ4n) is 2.51. The summed E-state index contributed by atoms with van der Waals surface area (Å²) in [7, 11) is 3.68. The number of Topliss-reactive ketones (excluding diaryl/α,β-unsaturated/α-hetero) is 1. The molecular weight excluding hydrogens is 328 g/mol. The van der Waals surface area contributed by atoms with E-state index in [0.717, 1.165) is 11.3 Å². The lowest BCUT2D eigenvalue weighted by Gasteiger charge is -2.17. The lowest BCUT2D eigenvalue weighted by Crippen LogP contribution is -2.22. The van der Waals surface area contributed by atoms with Crippen molar-refractivity contribution < 1.29 is 9.59 Å². The molecule has 0 amide bonds. The Morgan fingerprint density at radius 3 is 2.73 bits per heavy atom. The van der Waals surface area contributed by atoms with Gasteiger partial charge in [-0.25, -0.2) is 0 Å². The first kappa shape index (κ1) is 17.3. The number of hydrazone groups is 1. The molecule has 1 aromatic carbocycles. The number of fused-ring (bicyclic) bond motifs is 1. The molecule has 3 rings (SSSR count). The summed E-state index contributed by atoms with van der Waals surface area (Å²) >= 11 is 0. The molecule has 0 unspecified atom stereocenters. The number of allylic oxidation sites excluding steroid dienone is 3. The molecule has 6 heteroatoms. The molecule has 0 radical (unpaired) electrons. The maximum absolute atomic E-state index is 12.6. The number of anilines is 1. The Morgan fingerprint density at radius 2 is 1.92 bits per heavy atom. The summed E-state index contributed by atoms with van der Waals surface area (Å²) in [4.78, 5) is 28.9.